The average molecular weight is 612 g/mol. The second kappa shape index (κ2) is 25.8. The Labute approximate surface area is 255 Å². The molecule has 0 radical (unpaired) electrons. The highest BCUT2D eigenvalue weighted by molar-refractivity contribution is 5.76. The Bertz CT molecular complexity index is 791. The molecular formula is C29H53N7O7. The molecule has 1 aromatic rings. The predicted molar refractivity (Wildman–Crippen MR) is 163 cm³/mol. The van der Waals surface area contributed by atoms with Gasteiger partial charge in [0.2, 0.25) is 17.7 Å². The summed E-state index contributed by atoms with van der Waals surface area (Å²) in [6.07, 6.45) is 2.59. The Hall–Kier alpha value is -2.69. The van der Waals surface area contributed by atoms with E-state index in [0.717, 1.165) is 5.56 Å². The van der Waals surface area contributed by atoms with Gasteiger partial charge in [-0.3, -0.25) is 19.2 Å². The van der Waals surface area contributed by atoms with Crippen LogP contribution in [0.2, 0.25) is 0 Å². The molecule has 14 heteroatoms. The number of amides is 3. The van der Waals surface area contributed by atoms with E-state index in [1.165, 1.54) is 0 Å². The molecule has 14 nitrogen and oxygen atoms in total. The zero-order chi connectivity index (χ0) is 31.4. The van der Waals surface area contributed by atoms with Crippen molar-refractivity contribution in [3.8, 4) is 0 Å². The van der Waals surface area contributed by atoms with Crippen LogP contribution in [0.15, 0.2) is 30.3 Å². The van der Waals surface area contributed by atoms with Crippen LogP contribution in [-0.2, 0) is 40.0 Å². The van der Waals surface area contributed by atoms with Gasteiger partial charge in [0.25, 0.3) is 0 Å². The van der Waals surface area contributed by atoms with E-state index in [0.29, 0.717) is 58.5 Å². The van der Waals surface area contributed by atoms with Crippen LogP contribution in [0.5, 0.6) is 0 Å². The molecule has 0 aliphatic heterocycles. The van der Waals surface area contributed by atoms with Crippen LogP contribution >= 0.6 is 0 Å². The van der Waals surface area contributed by atoms with Crippen LogP contribution in [0.1, 0.15) is 44.1 Å². The van der Waals surface area contributed by atoms with Crippen molar-refractivity contribution in [2.45, 2.75) is 50.7 Å². The molecule has 0 bridgehead atoms. The lowest BCUT2D eigenvalue weighted by Gasteiger charge is -2.33. The van der Waals surface area contributed by atoms with Gasteiger partial charge in [-0.25, -0.2) is 0 Å². The van der Waals surface area contributed by atoms with Gasteiger partial charge in [-0.1, -0.05) is 30.3 Å². The topological polar surface area (TPSA) is 214 Å². The van der Waals surface area contributed by atoms with Gasteiger partial charge in [0.15, 0.2) is 0 Å². The van der Waals surface area contributed by atoms with Crippen molar-refractivity contribution in [3.63, 3.8) is 0 Å². The quantitative estimate of drug-likeness (QED) is 0.0454. The Balaban J connectivity index is 2.81. The van der Waals surface area contributed by atoms with Crippen LogP contribution in [0.4, 0.5) is 0 Å². The van der Waals surface area contributed by atoms with E-state index in [1.54, 1.807) is 0 Å². The molecule has 0 atom stereocenters. The van der Waals surface area contributed by atoms with Crippen molar-refractivity contribution >= 4 is 17.7 Å². The third kappa shape index (κ3) is 20.8. The molecule has 0 fully saturated rings. The van der Waals surface area contributed by atoms with Crippen LogP contribution in [0, 0.1) is 0 Å². The summed E-state index contributed by atoms with van der Waals surface area (Å²) in [6.45, 7) is 3.97. The van der Waals surface area contributed by atoms with Crippen molar-refractivity contribution in [2.24, 2.45) is 17.2 Å². The van der Waals surface area contributed by atoms with Crippen LogP contribution in [0.25, 0.3) is 0 Å². The van der Waals surface area contributed by atoms with Gasteiger partial charge in [-0.15, -0.1) is 0 Å². The fourth-order valence-electron chi connectivity index (χ4n) is 3.61. The number of nitrogens with one attached hydrogen (secondary N) is 4. The minimum absolute atomic E-state index is 0.0727. The van der Waals surface area contributed by atoms with E-state index in [4.69, 9.17) is 36.2 Å². The molecule has 0 saturated heterocycles. The number of hydroxylamine groups is 1. The van der Waals surface area contributed by atoms with E-state index in [-0.39, 0.29) is 83.2 Å². The van der Waals surface area contributed by atoms with Gasteiger partial charge in [0.1, 0.15) is 5.54 Å². The highest BCUT2D eigenvalue weighted by Crippen LogP contribution is 2.12. The Morgan fingerprint density at radius 2 is 1.02 bits per heavy atom. The number of hydrogen-bond acceptors (Lipinski definition) is 11. The fourth-order valence-corrected chi connectivity index (χ4v) is 3.61. The van der Waals surface area contributed by atoms with Gasteiger partial charge < -0.3 is 47.4 Å². The number of nitrogens with two attached hydrogens (primary N) is 3. The van der Waals surface area contributed by atoms with E-state index in [2.05, 4.69) is 21.4 Å². The third-order valence-corrected chi connectivity index (χ3v) is 6.03. The van der Waals surface area contributed by atoms with E-state index in [1.807, 2.05) is 30.3 Å². The molecule has 10 N–H and O–H groups in total. The molecule has 0 aromatic heterocycles. The van der Waals surface area contributed by atoms with Gasteiger partial charge in [-0.05, 0) is 44.5 Å². The summed E-state index contributed by atoms with van der Waals surface area (Å²) >= 11 is 0. The number of carbonyl (C=O) groups excluding carboxylic acids is 3. The molecule has 0 saturated carbocycles. The first kappa shape index (κ1) is 38.3. The maximum absolute atomic E-state index is 12.1. The lowest BCUT2D eigenvalue weighted by molar-refractivity contribution is -0.131. The molecule has 0 heterocycles. The molecule has 0 unspecified atom stereocenters. The summed E-state index contributed by atoms with van der Waals surface area (Å²) in [6, 6.07) is 9.61. The first-order chi connectivity index (χ1) is 20.9. The smallest absolute Gasteiger partial charge is 0.222 e. The zero-order valence-electron chi connectivity index (χ0n) is 25.4. The molecule has 1 aromatic carbocycles. The first-order valence-corrected chi connectivity index (χ1v) is 15.0. The summed E-state index contributed by atoms with van der Waals surface area (Å²) in [5.41, 5.74) is 19.4. The van der Waals surface area contributed by atoms with Gasteiger partial charge in [0, 0.05) is 38.9 Å². The largest absolute Gasteiger partial charge is 0.379 e. The first-order valence-electron chi connectivity index (χ1n) is 15.0. The lowest BCUT2D eigenvalue weighted by Crippen LogP contribution is -2.56. The minimum atomic E-state index is -1.00. The maximum Gasteiger partial charge on any atom is 0.222 e. The van der Waals surface area contributed by atoms with Gasteiger partial charge in [-0.2, -0.15) is 5.48 Å². The third-order valence-electron chi connectivity index (χ3n) is 6.03. The second-order valence-electron chi connectivity index (χ2n) is 10.0. The Kier molecular flexibility index (Phi) is 23.0. The molecule has 3 amide bonds. The Morgan fingerprint density at radius 1 is 0.628 bits per heavy atom. The van der Waals surface area contributed by atoms with Crippen LogP contribution < -0.4 is 38.6 Å². The van der Waals surface area contributed by atoms with Crippen LogP contribution in [0.3, 0.4) is 0 Å². The minimum Gasteiger partial charge on any atom is -0.379 e. The highest BCUT2D eigenvalue weighted by atomic mass is 16.7. The molecule has 0 aliphatic rings. The molecule has 0 aliphatic carbocycles. The SMILES string of the molecule is NCCCNC(=O)CCOCC(COCCC(=O)NCCCN)(COCCC(=O)NCCCN)NOCc1ccccc1. The number of benzene rings is 1. The number of carbonyl (C=O) groups is 3. The van der Waals surface area contributed by atoms with Crippen molar-refractivity contribution in [1.82, 2.24) is 21.4 Å². The Morgan fingerprint density at radius 3 is 1.40 bits per heavy atom. The van der Waals surface area contributed by atoms with Crippen LogP contribution in [-0.4, -0.2) is 102 Å². The number of rotatable bonds is 28. The summed E-state index contributed by atoms with van der Waals surface area (Å²) in [7, 11) is 0. The fraction of sp³-hybridized carbons (Fsp3) is 0.690. The molecule has 0 spiro atoms. The summed E-state index contributed by atoms with van der Waals surface area (Å²) in [4.78, 5) is 42.1. The maximum atomic E-state index is 12.1. The van der Waals surface area contributed by atoms with E-state index in [9.17, 15) is 14.4 Å². The van der Waals surface area contributed by atoms with Gasteiger partial charge >= 0.3 is 0 Å². The molecule has 1 rings (SSSR count). The van der Waals surface area contributed by atoms with Gasteiger partial charge in [0.05, 0.1) is 46.2 Å². The van der Waals surface area contributed by atoms with Crippen molar-refractivity contribution in [2.75, 3.05) is 78.9 Å². The van der Waals surface area contributed by atoms with E-state index >= 15 is 0 Å². The molecular weight excluding hydrogens is 558 g/mol. The zero-order valence-corrected chi connectivity index (χ0v) is 25.4. The standard InChI is InChI=1S/C29H53N7O7/c30-12-4-15-33-26(37)9-18-40-22-29(36-43-21-25-7-2-1-3-8-25,23-41-19-10-27(38)34-16-5-13-31)24-42-20-11-28(39)35-17-6-14-32/h1-3,7-8,36H,4-6,9-24,30-32H2,(H,33,37)(H,34,38)(H,35,39). The number of hydrogen-bond donors (Lipinski definition) is 7. The summed E-state index contributed by atoms with van der Waals surface area (Å²) in [5, 5.41) is 8.39. The molecule has 43 heavy (non-hydrogen) atoms. The average Bonchev–Trinajstić information content (AvgIpc) is 3.00. The monoisotopic (exact) mass is 611 g/mol. The normalized spacial score (nSPS) is 11.3. The van der Waals surface area contributed by atoms with E-state index < -0.39 is 5.54 Å². The summed E-state index contributed by atoms with van der Waals surface area (Å²) in [5.74, 6) is -0.414. The second-order valence-corrected chi connectivity index (χ2v) is 10.0. The predicted octanol–water partition coefficient (Wildman–Crippen LogP) is -0.938. The summed E-state index contributed by atoms with van der Waals surface area (Å²) < 4.78 is 17.7. The van der Waals surface area contributed by atoms with Crippen molar-refractivity contribution < 1.29 is 33.4 Å². The highest BCUT2D eigenvalue weighted by Gasteiger charge is 2.33. The molecule has 246 valence electrons. The van der Waals surface area contributed by atoms with Crippen molar-refractivity contribution in [3.05, 3.63) is 35.9 Å². The lowest BCUT2D eigenvalue weighted by atomic mass is 10.0. The number of ether oxygens (including phenoxy) is 3. The van der Waals surface area contributed by atoms with Crippen molar-refractivity contribution in [1.29, 1.82) is 0 Å².